The number of fused-ring (bicyclic) bond motifs is 1. The molecule has 1 aromatic carbocycles. The molecule has 3 amide bonds. The molecular weight excluding hydrogens is 453 g/mol. The second-order valence-corrected chi connectivity index (χ2v) is 7.34. The molecule has 0 bridgehead atoms. The fourth-order valence-electron chi connectivity index (χ4n) is 3.66. The van der Waals surface area contributed by atoms with Crippen molar-refractivity contribution in [2.75, 3.05) is 24.2 Å². The molecule has 0 saturated carbocycles. The molecule has 5 N–H and O–H groups in total. The summed E-state index contributed by atoms with van der Waals surface area (Å²) < 4.78 is 38.5. The van der Waals surface area contributed by atoms with Crippen molar-refractivity contribution in [3.8, 4) is 0 Å². The lowest BCUT2D eigenvalue weighted by molar-refractivity contribution is -0.137. The van der Waals surface area contributed by atoms with Crippen LogP contribution in [0.15, 0.2) is 58.4 Å². The lowest BCUT2D eigenvalue weighted by Gasteiger charge is -2.18. The number of nitrogens with two attached hydrogens (primary N) is 1. The van der Waals surface area contributed by atoms with Crippen molar-refractivity contribution in [1.82, 2.24) is 15.3 Å². The molecule has 1 atom stereocenters. The number of pyridine rings is 1. The van der Waals surface area contributed by atoms with E-state index in [-0.39, 0.29) is 17.6 Å². The van der Waals surface area contributed by atoms with Crippen LogP contribution in [-0.4, -0.2) is 47.7 Å². The zero-order chi connectivity index (χ0) is 24.5. The maximum absolute atomic E-state index is 12.8. The van der Waals surface area contributed by atoms with Crippen LogP contribution in [0.1, 0.15) is 11.1 Å². The maximum Gasteiger partial charge on any atom is 0.416 e. The number of carbonyl (C=O) groups excluding carboxylic acids is 2. The first-order chi connectivity index (χ1) is 16.2. The quantitative estimate of drug-likeness (QED) is 0.542. The van der Waals surface area contributed by atoms with Gasteiger partial charge in [0.05, 0.1) is 18.0 Å². The lowest BCUT2D eigenvalue weighted by Crippen LogP contribution is -2.32. The van der Waals surface area contributed by atoms with Crippen LogP contribution in [0.4, 0.5) is 29.5 Å². The predicted molar refractivity (Wildman–Crippen MR) is 120 cm³/mol. The van der Waals surface area contributed by atoms with Crippen LogP contribution in [0.3, 0.4) is 0 Å². The highest BCUT2D eigenvalue weighted by Gasteiger charge is 2.39. The normalized spacial score (nSPS) is 17.2. The second kappa shape index (κ2) is 8.84. The summed E-state index contributed by atoms with van der Waals surface area (Å²) in [6.45, 7) is 0.295. The number of amides is 3. The van der Waals surface area contributed by atoms with E-state index in [1.54, 1.807) is 29.3 Å². The van der Waals surface area contributed by atoms with Gasteiger partial charge in [-0.1, -0.05) is 12.1 Å². The van der Waals surface area contributed by atoms with Crippen LogP contribution in [-0.2, 0) is 11.0 Å². The first kappa shape index (κ1) is 22.8. The van der Waals surface area contributed by atoms with Gasteiger partial charge in [-0.15, -0.1) is 0 Å². The number of anilines is 2. The van der Waals surface area contributed by atoms with Gasteiger partial charge in [0, 0.05) is 24.5 Å². The molecule has 34 heavy (non-hydrogen) atoms. The third-order valence-electron chi connectivity index (χ3n) is 5.19. The third kappa shape index (κ3) is 4.53. The number of amidine groups is 1. The predicted octanol–water partition coefficient (Wildman–Crippen LogP) is 2.45. The molecule has 0 saturated heterocycles. The molecule has 13 heteroatoms. The molecule has 10 nitrogen and oxygen atoms in total. The van der Waals surface area contributed by atoms with Gasteiger partial charge in [0.15, 0.2) is 5.84 Å². The molecule has 176 valence electrons. The number of carbonyl (C=O) groups is 2. The summed E-state index contributed by atoms with van der Waals surface area (Å²) in [5.74, 6) is -0.775. The van der Waals surface area contributed by atoms with E-state index in [1.807, 2.05) is 0 Å². The number of urea groups is 1. The molecule has 0 fully saturated rings. The average Bonchev–Trinajstić information content (AvgIpc) is 3.19. The number of nitrogens with zero attached hydrogens (tertiary/aromatic N) is 4. The Bertz CT molecular complexity index is 1220. The summed E-state index contributed by atoms with van der Waals surface area (Å²) in [5.41, 5.74) is 7.33. The summed E-state index contributed by atoms with van der Waals surface area (Å²) in [6.07, 6.45) is -2.28. The summed E-state index contributed by atoms with van der Waals surface area (Å²) >= 11 is 0. The minimum atomic E-state index is -4.55. The first-order valence-corrected chi connectivity index (χ1v) is 9.98. The number of aliphatic imine (C=N–C) groups is 1. The molecule has 0 aliphatic carbocycles. The van der Waals surface area contributed by atoms with E-state index >= 15 is 0 Å². The molecule has 2 aliphatic rings. The zero-order valence-electron chi connectivity index (χ0n) is 17.7. The van der Waals surface area contributed by atoms with E-state index in [1.165, 1.54) is 13.4 Å². The van der Waals surface area contributed by atoms with Gasteiger partial charge >= 0.3 is 12.2 Å². The van der Waals surface area contributed by atoms with E-state index in [0.717, 1.165) is 18.3 Å². The Labute approximate surface area is 191 Å². The molecule has 4 rings (SSSR count). The van der Waals surface area contributed by atoms with E-state index in [0.29, 0.717) is 29.1 Å². The number of hydrogen-bond donors (Lipinski definition) is 4. The highest BCUT2D eigenvalue weighted by atomic mass is 19.4. The molecule has 0 radical (unpaired) electrons. The number of rotatable bonds is 4. The molecule has 3 heterocycles. The van der Waals surface area contributed by atoms with Crippen LogP contribution in [0.2, 0.25) is 0 Å². The van der Waals surface area contributed by atoms with Gasteiger partial charge in [-0.3, -0.25) is 15.1 Å². The highest BCUT2D eigenvalue weighted by molar-refractivity contribution is 6.11. The van der Waals surface area contributed by atoms with E-state index in [4.69, 9.17) is 5.73 Å². The number of hydrogen-bond acceptors (Lipinski definition) is 7. The molecule has 2 aromatic rings. The number of hydrazone groups is 1. The van der Waals surface area contributed by atoms with Crippen LogP contribution in [0.25, 0.3) is 5.57 Å². The van der Waals surface area contributed by atoms with Crippen molar-refractivity contribution in [3.63, 3.8) is 0 Å². The van der Waals surface area contributed by atoms with Crippen molar-refractivity contribution in [3.05, 3.63) is 59.4 Å². The fraction of sp³-hybridized carbons (Fsp3) is 0.190. The Morgan fingerprint density at radius 3 is 2.56 bits per heavy atom. The van der Waals surface area contributed by atoms with Crippen molar-refractivity contribution < 1.29 is 22.8 Å². The van der Waals surface area contributed by atoms with E-state index in [2.05, 4.69) is 31.0 Å². The molecular formula is C21H19F3N8O2. The van der Waals surface area contributed by atoms with Crippen LogP contribution in [0, 0.1) is 5.92 Å². The van der Waals surface area contributed by atoms with Crippen molar-refractivity contribution in [2.24, 2.45) is 21.7 Å². The monoisotopic (exact) mass is 472 g/mol. The Kier molecular flexibility index (Phi) is 5.92. The lowest BCUT2D eigenvalue weighted by atomic mass is 9.92. The van der Waals surface area contributed by atoms with Gasteiger partial charge < -0.3 is 16.4 Å². The Morgan fingerprint density at radius 2 is 1.88 bits per heavy atom. The molecule has 1 unspecified atom stereocenters. The van der Waals surface area contributed by atoms with Gasteiger partial charge in [0.25, 0.3) is 0 Å². The fourth-order valence-corrected chi connectivity index (χ4v) is 3.66. The van der Waals surface area contributed by atoms with Gasteiger partial charge in [0.2, 0.25) is 5.91 Å². The summed E-state index contributed by atoms with van der Waals surface area (Å²) in [5, 5.41) is 13.2. The largest absolute Gasteiger partial charge is 0.416 e. The average molecular weight is 472 g/mol. The molecule has 2 aliphatic heterocycles. The number of aromatic nitrogens is 1. The van der Waals surface area contributed by atoms with Gasteiger partial charge in [-0.25, -0.2) is 14.8 Å². The van der Waals surface area contributed by atoms with E-state index in [9.17, 15) is 22.8 Å². The SMILES string of the molecule is CNC(=O)C1CN2N=CN=C(N)C2=C1c1ccc(NC(=O)Nc2cc(C(F)(F)F)ccn2)cc1. The van der Waals surface area contributed by atoms with E-state index < -0.39 is 23.7 Å². The van der Waals surface area contributed by atoms with Crippen LogP contribution in [0.5, 0.6) is 0 Å². The topological polar surface area (TPSA) is 137 Å². The summed E-state index contributed by atoms with van der Waals surface area (Å²) in [6, 6.07) is 7.32. The molecule has 0 spiro atoms. The third-order valence-corrected chi connectivity index (χ3v) is 5.19. The summed E-state index contributed by atoms with van der Waals surface area (Å²) in [7, 11) is 1.54. The Balaban J connectivity index is 1.52. The van der Waals surface area contributed by atoms with Gasteiger partial charge in [-0.2, -0.15) is 18.3 Å². The first-order valence-electron chi connectivity index (χ1n) is 9.98. The number of alkyl halides is 3. The second-order valence-electron chi connectivity index (χ2n) is 7.34. The zero-order valence-corrected chi connectivity index (χ0v) is 17.7. The minimum Gasteiger partial charge on any atom is -0.382 e. The van der Waals surface area contributed by atoms with Crippen molar-refractivity contribution >= 4 is 41.2 Å². The smallest absolute Gasteiger partial charge is 0.382 e. The van der Waals surface area contributed by atoms with Crippen LogP contribution >= 0.6 is 0 Å². The number of benzene rings is 1. The van der Waals surface area contributed by atoms with Gasteiger partial charge in [0.1, 0.15) is 17.9 Å². The molecule has 1 aromatic heterocycles. The minimum absolute atomic E-state index is 0.213. The van der Waals surface area contributed by atoms with Crippen molar-refractivity contribution in [2.45, 2.75) is 6.18 Å². The van der Waals surface area contributed by atoms with Crippen molar-refractivity contribution in [1.29, 1.82) is 0 Å². The maximum atomic E-state index is 12.8. The standard InChI is InChI=1S/C21H19F3N8O2/c1-26-19(33)14-9-32-17(18(25)28-10-29-32)16(14)11-2-4-13(5-3-11)30-20(34)31-15-8-12(6-7-27-15)21(22,23)24/h2-8,10,14H,9H2,1H3,(H,26,33)(H2,25,28,29)(H2,27,30,31,34). The summed E-state index contributed by atoms with van der Waals surface area (Å²) in [4.78, 5) is 32.4. The Hall–Kier alpha value is -4.42. The number of nitrogens with one attached hydrogen (secondary N) is 3. The number of halogens is 3. The van der Waals surface area contributed by atoms with Crippen LogP contribution < -0.4 is 21.7 Å². The Morgan fingerprint density at radius 1 is 1.15 bits per heavy atom. The van der Waals surface area contributed by atoms with Gasteiger partial charge in [-0.05, 0) is 29.8 Å². The highest BCUT2D eigenvalue weighted by Crippen LogP contribution is 2.38.